The third-order valence-corrected chi connectivity index (χ3v) is 4.35. The average molecular weight is 346 g/mol. The molecule has 0 aromatic heterocycles. The largest absolute Gasteiger partial charge is 0.493 e. The van der Waals surface area contributed by atoms with E-state index in [0.29, 0.717) is 18.9 Å². The fourth-order valence-electron chi connectivity index (χ4n) is 3.07. The lowest BCUT2D eigenvalue weighted by Crippen LogP contribution is -2.50. The van der Waals surface area contributed by atoms with E-state index >= 15 is 0 Å². The molecule has 1 atom stereocenters. The molecule has 1 aliphatic heterocycles. The maximum atomic E-state index is 12.7. The Morgan fingerprint density at radius 3 is 2.44 bits per heavy atom. The first kappa shape index (κ1) is 19.3. The second-order valence-corrected chi connectivity index (χ2v) is 7.05. The zero-order valence-corrected chi connectivity index (χ0v) is 15.4. The van der Waals surface area contributed by atoms with Gasteiger partial charge in [-0.3, -0.25) is 9.59 Å². The van der Waals surface area contributed by atoms with E-state index in [-0.39, 0.29) is 18.2 Å². The maximum absolute atomic E-state index is 12.7. The van der Waals surface area contributed by atoms with Crippen molar-refractivity contribution >= 4 is 11.8 Å². The van der Waals surface area contributed by atoms with Crippen molar-refractivity contribution in [2.75, 3.05) is 19.7 Å². The molecule has 2 rings (SSSR count). The molecule has 5 heteroatoms. The lowest BCUT2D eigenvalue weighted by Gasteiger charge is -2.31. The Morgan fingerprint density at radius 2 is 1.80 bits per heavy atom. The number of nitrogens with zero attached hydrogens (tertiary/aromatic N) is 1. The fourth-order valence-corrected chi connectivity index (χ4v) is 3.07. The minimum absolute atomic E-state index is 0.0609. The first-order valence-electron chi connectivity index (χ1n) is 9.32. The highest BCUT2D eigenvalue weighted by atomic mass is 16.5. The molecular weight excluding hydrogens is 316 g/mol. The number of benzene rings is 1. The van der Waals surface area contributed by atoms with Gasteiger partial charge in [0.2, 0.25) is 11.8 Å². The Bertz CT molecular complexity index is 539. The summed E-state index contributed by atoms with van der Waals surface area (Å²) in [6.45, 7) is 6.06. The molecule has 1 aromatic rings. The highest BCUT2D eigenvalue weighted by molar-refractivity contribution is 5.87. The Morgan fingerprint density at radius 1 is 1.12 bits per heavy atom. The van der Waals surface area contributed by atoms with Crippen molar-refractivity contribution in [3.63, 3.8) is 0 Å². The zero-order chi connectivity index (χ0) is 18.1. The van der Waals surface area contributed by atoms with Gasteiger partial charge in [0.1, 0.15) is 11.8 Å². The number of hydrogen-bond donors (Lipinski definition) is 1. The van der Waals surface area contributed by atoms with Gasteiger partial charge in [0.05, 0.1) is 13.0 Å². The molecule has 1 aliphatic rings. The van der Waals surface area contributed by atoms with E-state index in [1.165, 1.54) is 6.42 Å². The number of carbonyl (C=O) groups excluding carboxylic acids is 2. The van der Waals surface area contributed by atoms with E-state index in [0.717, 1.165) is 31.7 Å². The molecule has 2 amide bonds. The summed E-state index contributed by atoms with van der Waals surface area (Å²) in [5.41, 5.74) is 0. The molecule has 1 fully saturated rings. The summed E-state index contributed by atoms with van der Waals surface area (Å²) < 4.78 is 5.56. The molecule has 1 aromatic carbocycles. The van der Waals surface area contributed by atoms with Crippen LogP contribution in [0.4, 0.5) is 0 Å². The lowest BCUT2D eigenvalue weighted by atomic mass is 10.0. The molecule has 1 N–H and O–H groups in total. The second kappa shape index (κ2) is 10.1. The Hall–Kier alpha value is -2.04. The summed E-state index contributed by atoms with van der Waals surface area (Å²) in [5.74, 6) is 1.02. The van der Waals surface area contributed by atoms with Crippen LogP contribution in [0.3, 0.4) is 0 Å². The SMILES string of the molecule is CC(C)C[C@@H](NC(=O)CCOc1ccccc1)C(=O)N1CCCCC1. The first-order chi connectivity index (χ1) is 12.1. The number of rotatable bonds is 8. The van der Waals surface area contributed by atoms with Crippen molar-refractivity contribution in [3.8, 4) is 5.75 Å². The third kappa shape index (κ3) is 6.77. The van der Waals surface area contributed by atoms with Crippen molar-refractivity contribution in [3.05, 3.63) is 30.3 Å². The average Bonchev–Trinajstić information content (AvgIpc) is 2.62. The summed E-state index contributed by atoms with van der Waals surface area (Å²) >= 11 is 0. The topological polar surface area (TPSA) is 58.6 Å². The van der Waals surface area contributed by atoms with E-state index in [9.17, 15) is 9.59 Å². The van der Waals surface area contributed by atoms with Gasteiger partial charge in [0.15, 0.2) is 0 Å². The number of amides is 2. The van der Waals surface area contributed by atoms with Crippen LogP contribution < -0.4 is 10.1 Å². The highest BCUT2D eigenvalue weighted by Gasteiger charge is 2.27. The summed E-state index contributed by atoms with van der Waals surface area (Å²) in [6.07, 6.45) is 4.21. The highest BCUT2D eigenvalue weighted by Crippen LogP contribution is 2.14. The van der Waals surface area contributed by atoms with E-state index in [4.69, 9.17) is 4.74 Å². The van der Waals surface area contributed by atoms with Crippen LogP contribution in [-0.4, -0.2) is 42.5 Å². The van der Waals surface area contributed by atoms with Gasteiger partial charge in [-0.1, -0.05) is 32.0 Å². The molecule has 25 heavy (non-hydrogen) atoms. The molecule has 0 unspecified atom stereocenters. The van der Waals surface area contributed by atoms with Gasteiger partial charge < -0.3 is 15.0 Å². The minimum atomic E-state index is -0.428. The Kier molecular flexibility index (Phi) is 7.76. The second-order valence-electron chi connectivity index (χ2n) is 7.05. The van der Waals surface area contributed by atoms with Gasteiger partial charge >= 0.3 is 0 Å². The van der Waals surface area contributed by atoms with Crippen molar-refractivity contribution < 1.29 is 14.3 Å². The monoisotopic (exact) mass is 346 g/mol. The van der Waals surface area contributed by atoms with E-state index < -0.39 is 6.04 Å². The van der Waals surface area contributed by atoms with Crippen molar-refractivity contribution in [1.29, 1.82) is 0 Å². The number of hydrogen-bond acceptors (Lipinski definition) is 3. The molecule has 0 spiro atoms. The van der Waals surface area contributed by atoms with Gasteiger partial charge in [-0.15, -0.1) is 0 Å². The van der Waals surface area contributed by atoms with E-state index in [2.05, 4.69) is 19.2 Å². The third-order valence-electron chi connectivity index (χ3n) is 4.35. The predicted octanol–water partition coefficient (Wildman–Crippen LogP) is 3.00. The minimum Gasteiger partial charge on any atom is -0.493 e. The molecule has 1 heterocycles. The van der Waals surface area contributed by atoms with Crippen LogP contribution in [0.1, 0.15) is 46.0 Å². The molecule has 0 bridgehead atoms. The van der Waals surface area contributed by atoms with Gasteiger partial charge in [-0.25, -0.2) is 0 Å². The summed E-state index contributed by atoms with van der Waals surface area (Å²) in [4.78, 5) is 26.9. The molecule has 138 valence electrons. The number of ether oxygens (including phenoxy) is 1. The molecule has 5 nitrogen and oxygen atoms in total. The molecule has 0 radical (unpaired) electrons. The summed E-state index contributed by atoms with van der Waals surface area (Å²) in [7, 11) is 0. The van der Waals surface area contributed by atoms with E-state index in [1.807, 2.05) is 35.2 Å². The standard InChI is InChI=1S/C20H30N2O3/c1-16(2)15-18(20(24)22-12-7-4-8-13-22)21-19(23)11-14-25-17-9-5-3-6-10-17/h3,5-6,9-10,16,18H,4,7-8,11-15H2,1-2H3,(H,21,23)/t18-/m1/s1. The van der Waals surface area contributed by atoms with Crippen LogP contribution in [0.25, 0.3) is 0 Å². The lowest BCUT2D eigenvalue weighted by molar-refractivity contribution is -0.137. The van der Waals surface area contributed by atoms with Gasteiger partial charge in [-0.05, 0) is 43.7 Å². The van der Waals surface area contributed by atoms with Crippen LogP contribution in [0.2, 0.25) is 0 Å². The zero-order valence-electron chi connectivity index (χ0n) is 15.4. The normalized spacial score (nSPS) is 15.7. The summed E-state index contributed by atoms with van der Waals surface area (Å²) in [6, 6.07) is 9.00. The van der Waals surface area contributed by atoms with Gasteiger partial charge in [0.25, 0.3) is 0 Å². The Labute approximate surface area is 150 Å². The van der Waals surface area contributed by atoms with Gasteiger partial charge in [-0.2, -0.15) is 0 Å². The van der Waals surface area contributed by atoms with Crippen LogP contribution in [-0.2, 0) is 9.59 Å². The molecule has 0 saturated carbocycles. The Balaban J connectivity index is 1.82. The number of nitrogens with one attached hydrogen (secondary N) is 1. The maximum Gasteiger partial charge on any atom is 0.245 e. The van der Waals surface area contributed by atoms with Gasteiger partial charge in [0, 0.05) is 13.1 Å². The molecule has 1 saturated heterocycles. The van der Waals surface area contributed by atoms with E-state index in [1.54, 1.807) is 0 Å². The fraction of sp³-hybridized carbons (Fsp3) is 0.600. The molecular formula is C20H30N2O3. The van der Waals surface area contributed by atoms with Crippen LogP contribution in [0, 0.1) is 5.92 Å². The number of para-hydroxylation sites is 1. The predicted molar refractivity (Wildman–Crippen MR) is 98.4 cm³/mol. The number of likely N-dealkylation sites (tertiary alicyclic amines) is 1. The van der Waals surface area contributed by atoms with Crippen molar-refractivity contribution in [2.45, 2.75) is 52.0 Å². The smallest absolute Gasteiger partial charge is 0.245 e. The van der Waals surface area contributed by atoms with Crippen molar-refractivity contribution in [1.82, 2.24) is 10.2 Å². The molecule has 0 aliphatic carbocycles. The summed E-state index contributed by atoms with van der Waals surface area (Å²) in [5, 5.41) is 2.92. The van der Waals surface area contributed by atoms with Crippen LogP contribution >= 0.6 is 0 Å². The number of carbonyl (C=O) groups is 2. The quantitative estimate of drug-likeness (QED) is 0.787. The van der Waals surface area contributed by atoms with Crippen molar-refractivity contribution in [2.24, 2.45) is 5.92 Å². The van der Waals surface area contributed by atoms with Crippen LogP contribution in [0.5, 0.6) is 5.75 Å². The number of piperidine rings is 1. The van der Waals surface area contributed by atoms with Crippen LogP contribution in [0.15, 0.2) is 30.3 Å². The first-order valence-corrected chi connectivity index (χ1v) is 9.32.